The third-order valence-electron chi connectivity index (χ3n) is 7.06. The molecule has 9 heteroatoms. The Balaban J connectivity index is 1.25. The monoisotopic (exact) mass is 437 g/mol. The molecule has 168 valence electrons. The number of imide groups is 1. The molecular formula is C23H27N5O4. The zero-order chi connectivity index (χ0) is 22.4. The van der Waals surface area contributed by atoms with E-state index in [1.54, 1.807) is 36.2 Å². The molecule has 32 heavy (non-hydrogen) atoms. The van der Waals surface area contributed by atoms with Gasteiger partial charge >= 0.3 is 5.69 Å². The van der Waals surface area contributed by atoms with Gasteiger partial charge in [0.1, 0.15) is 12.4 Å². The standard InChI is InChI=1S/C23H27N5O4/c1-25-23(32)28(16-6-2-3-7-16)20(24-25)15-10-12-26(13-11-15)19(29)14-27-21(30)17-8-4-5-9-18(17)22(27)31/h4-5,8-9,15-16H,2-3,6-7,10-14H2,1H3. The number of benzene rings is 1. The van der Waals surface area contributed by atoms with E-state index in [-0.39, 0.29) is 30.1 Å². The number of fused-ring (bicyclic) bond motifs is 1. The fourth-order valence-corrected chi connectivity index (χ4v) is 5.29. The van der Waals surface area contributed by atoms with Crippen molar-refractivity contribution < 1.29 is 14.4 Å². The average molecular weight is 438 g/mol. The van der Waals surface area contributed by atoms with Crippen molar-refractivity contribution in [2.24, 2.45) is 7.05 Å². The summed E-state index contributed by atoms with van der Waals surface area (Å²) in [5, 5.41) is 4.54. The number of rotatable bonds is 4. The Morgan fingerprint density at radius 1 is 0.969 bits per heavy atom. The lowest BCUT2D eigenvalue weighted by atomic mass is 9.95. The summed E-state index contributed by atoms with van der Waals surface area (Å²) in [6, 6.07) is 6.87. The molecule has 2 aliphatic heterocycles. The van der Waals surface area contributed by atoms with E-state index in [9.17, 15) is 19.2 Å². The van der Waals surface area contributed by atoms with Crippen LogP contribution in [-0.2, 0) is 11.8 Å². The summed E-state index contributed by atoms with van der Waals surface area (Å²) in [5.41, 5.74) is 0.643. The predicted molar refractivity (Wildman–Crippen MR) is 115 cm³/mol. The first-order valence-electron chi connectivity index (χ1n) is 11.3. The third-order valence-corrected chi connectivity index (χ3v) is 7.06. The van der Waals surface area contributed by atoms with E-state index in [0.29, 0.717) is 37.1 Å². The van der Waals surface area contributed by atoms with Crippen molar-refractivity contribution in [1.82, 2.24) is 24.1 Å². The van der Waals surface area contributed by atoms with E-state index < -0.39 is 11.8 Å². The van der Waals surface area contributed by atoms with Crippen LogP contribution >= 0.6 is 0 Å². The molecule has 0 radical (unpaired) electrons. The Hall–Kier alpha value is -3.23. The fourth-order valence-electron chi connectivity index (χ4n) is 5.29. The number of hydrogen-bond donors (Lipinski definition) is 0. The van der Waals surface area contributed by atoms with Crippen LogP contribution in [0.2, 0.25) is 0 Å². The van der Waals surface area contributed by atoms with E-state index in [4.69, 9.17) is 0 Å². The fraction of sp³-hybridized carbons (Fsp3) is 0.522. The van der Waals surface area contributed by atoms with Crippen molar-refractivity contribution in [2.45, 2.75) is 50.5 Å². The first-order chi connectivity index (χ1) is 15.5. The lowest BCUT2D eigenvalue weighted by Crippen LogP contribution is -2.45. The molecule has 1 aromatic heterocycles. The highest BCUT2D eigenvalue weighted by Crippen LogP contribution is 2.33. The van der Waals surface area contributed by atoms with Gasteiger partial charge in [0.25, 0.3) is 11.8 Å². The van der Waals surface area contributed by atoms with Crippen LogP contribution in [0.5, 0.6) is 0 Å². The van der Waals surface area contributed by atoms with Gasteiger partial charge in [-0.25, -0.2) is 9.48 Å². The van der Waals surface area contributed by atoms with Gasteiger partial charge in [0, 0.05) is 32.1 Å². The highest BCUT2D eigenvalue weighted by Gasteiger charge is 2.38. The van der Waals surface area contributed by atoms with Crippen LogP contribution < -0.4 is 5.69 Å². The zero-order valence-electron chi connectivity index (χ0n) is 18.2. The van der Waals surface area contributed by atoms with Crippen LogP contribution in [0.3, 0.4) is 0 Å². The van der Waals surface area contributed by atoms with Gasteiger partial charge in [-0.15, -0.1) is 0 Å². The maximum Gasteiger partial charge on any atom is 0.345 e. The minimum Gasteiger partial charge on any atom is -0.341 e. The summed E-state index contributed by atoms with van der Waals surface area (Å²) in [7, 11) is 1.69. The second-order valence-corrected chi connectivity index (χ2v) is 8.97. The molecule has 0 N–H and O–H groups in total. The molecule has 9 nitrogen and oxygen atoms in total. The van der Waals surface area contributed by atoms with Crippen molar-refractivity contribution in [1.29, 1.82) is 0 Å². The molecule has 5 rings (SSSR count). The van der Waals surface area contributed by atoms with Crippen molar-refractivity contribution in [3.05, 3.63) is 51.7 Å². The molecule has 0 atom stereocenters. The summed E-state index contributed by atoms with van der Waals surface area (Å²) in [4.78, 5) is 53.4. The van der Waals surface area contributed by atoms with Crippen molar-refractivity contribution in [3.8, 4) is 0 Å². The first kappa shape index (κ1) is 20.7. The van der Waals surface area contributed by atoms with Gasteiger partial charge in [-0.2, -0.15) is 5.10 Å². The molecule has 1 saturated carbocycles. The molecule has 0 unspecified atom stereocenters. The van der Waals surface area contributed by atoms with Crippen LogP contribution in [0.1, 0.15) is 77.0 Å². The Labute approximate surface area is 185 Å². The van der Waals surface area contributed by atoms with E-state index in [2.05, 4.69) is 5.10 Å². The minimum absolute atomic E-state index is 0.0592. The van der Waals surface area contributed by atoms with Crippen LogP contribution in [0.4, 0.5) is 0 Å². The Bertz CT molecular complexity index is 1100. The summed E-state index contributed by atoms with van der Waals surface area (Å²) >= 11 is 0. The maximum atomic E-state index is 12.9. The largest absolute Gasteiger partial charge is 0.345 e. The van der Waals surface area contributed by atoms with Crippen LogP contribution in [0, 0.1) is 0 Å². The number of hydrogen-bond acceptors (Lipinski definition) is 5. The van der Waals surface area contributed by atoms with E-state index in [1.807, 2.05) is 4.57 Å². The van der Waals surface area contributed by atoms with Gasteiger partial charge in [-0.3, -0.25) is 23.9 Å². The van der Waals surface area contributed by atoms with E-state index >= 15 is 0 Å². The zero-order valence-corrected chi connectivity index (χ0v) is 18.2. The summed E-state index contributed by atoms with van der Waals surface area (Å²) in [5.74, 6) is -0.109. The van der Waals surface area contributed by atoms with Gasteiger partial charge in [-0.1, -0.05) is 25.0 Å². The van der Waals surface area contributed by atoms with Crippen molar-refractivity contribution >= 4 is 17.7 Å². The number of carbonyl (C=O) groups excluding carboxylic acids is 3. The quantitative estimate of drug-likeness (QED) is 0.678. The first-order valence-corrected chi connectivity index (χ1v) is 11.3. The molecular weight excluding hydrogens is 410 g/mol. The summed E-state index contributed by atoms with van der Waals surface area (Å²) in [6.07, 6.45) is 5.70. The topological polar surface area (TPSA) is 97.5 Å². The molecule has 3 amide bonds. The number of aromatic nitrogens is 3. The number of nitrogens with zero attached hydrogens (tertiary/aromatic N) is 5. The van der Waals surface area contributed by atoms with Gasteiger partial charge < -0.3 is 4.90 Å². The third kappa shape index (κ3) is 3.36. The molecule has 3 heterocycles. The number of aryl methyl sites for hydroxylation is 1. The number of likely N-dealkylation sites (tertiary alicyclic amines) is 1. The van der Waals surface area contributed by atoms with Crippen molar-refractivity contribution in [2.75, 3.05) is 19.6 Å². The molecule has 0 spiro atoms. The van der Waals surface area contributed by atoms with Gasteiger partial charge in [0.15, 0.2) is 0 Å². The molecule has 0 bridgehead atoms. The molecule has 2 fully saturated rings. The molecule has 2 aromatic rings. The number of piperidine rings is 1. The highest BCUT2D eigenvalue weighted by atomic mass is 16.2. The van der Waals surface area contributed by atoms with Gasteiger partial charge in [-0.05, 0) is 37.8 Å². The van der Waals surface area contributed by atoms with Gasteiger partial charge in [0.2, 0.25) is 5.91 Å². The normalized spacial score (nSPS) is 19.8. The maximum absolute atomic E-state index is 12.9. The molecule has 1 aliphatic carbocycles. The number of amides is 3. The van der Waals surface area contributed by atoms with Gasteiger partial charge in [0.05, 0.1) is 11.1 Å². The summed E-state index contributed by atoms with van der Waals surface area (Å²) < 4.78 is 3.31. The van der Waals surface area contributed by atoms with Crippen LogP contribution in [0.15, 0.2) is 29.1 Å². The minimum atomic E-state index is -0.414. The Morgan fingerprint density at radius 2 is 1.56 bits per heavy atom. The van der Waals surface area contributed by atoms with Crippen molar-refractivity contribution in [3.63, 3.8) is 0 Å². The van der Waals surface area contributed by atoms with Crippen LogP contribution in [0.25, 0.3) is 0 Å². The molecule has 1 aromatic carbocycles. The lowest BCUT2D eigenvalue weighted by molar-refractivity contribution is -0.132. The highest BCUT2D eigenvalue weighted by molar-refractivity contribution is 6.22. The lowest BCUT2D eigenvalue weighted by Gasteiger charge is -2.32. The smallest absolute Gasteiger partial charge is 0.341 e. The molecule has 1 saturated heterocycles. The van der Waals surface area contributed by atoms with Crippen LogP contribution in [-0.4, -0.2) is 61.5 Å². The predicted octanol–water partition coefficient (Wildman–Crippen LogP) is 1.70. The van der Waals surface area contributed by atoms with E-state index in [0.717, 1.165) is 36.4 Å². The number of carbonyl (C=O) groups is 3. The average Bonchev–Trinajstić information content (AvgIpc) is 3.50. The Kier molecular flexibility index (Phi) is 5.19. The van der Waals surface area contributed by atoms with E-state index in [1.165, 1.54) is 4.68 Å². The second-order valence-electron chi connectivity index (χ2n) is 8.97. The second kappa shape index (κ2) is 8.03. The summed E-state index contributed by atoms with van der Waals surface area (Å²) in [6.45, 7) is 0.789. The Morgan fingerprint density at radius 3 is 2.16 bits per heavy atom. The molecule has 3 aliphatic rings. The SMILES string of the molecule is Cn1nc(C2CCN(C(=O)CN3C(=O)c4ccccc4C3=O)CC2)n(C2CCCC2)c1=O.